The minimum atomic E-state index is 0. The summed E-state index contributed by atoms with van der Waals surface area (Å²) in [5.74, 6) is 1.08. The zero-order chi connectivity index (χ0) is 13.8. The lowest BCUT2D eigenvalue weighted by atomic mass is 9.94. The van der Waals surface area contributed by atoms with Gasteiger partial charge >= 0.3 is 0 Å². The van der Waals surface area contributed by atoms with E-state index in [1.54, 1.807) is 0 Å². The molecule has 20 heavy (non-hydrogen) atoms. The lowest BCUT2D eigenvalue weighted by Crippen LogP contribution is -2.50. The van der Waals surface area contributed by atoms with Crippen molar-refractivity contribution in [2.24, 2.45) is 5.92 Å². The van der Waals surface area contributed by atoms with Crippen LogP contribution >= 0.6 is 12.4 Å². The molecule has 0 aliphatic carbocycles. The van der Waals surface area contributed by atoms with Crippen molar-refractivity contribution >= 4 is 18.3 Å². The fourth-order valence-electron chi connectivity index (χ4n) is 2.45. The van der Waals surface area contributed by atoms with Gasteiger partial charge in [0.05, 0.1) is 0 Å². The molecular weight excluding hydrogens is 272 g/mol. The lowest BCUT2D eigenvalue weighted by Gasteiger charge is -2.30. The third kappa shape index (κ3) is 4.22. The van der Waals surface area contributed by atoms with Gasteiger partial charge in [0.1, 0.15) is 0 Å². The van der Waals surface area contributed by atoms with Gasteiger partial charge in [-0.2, -0.15) is 0 Å². The SMILES string of the molecule is CC(C)c1ccc(C(=O)NC2CNCCC2C)cc1.Cl. The van der Waals surface area contributed by atoms with Crippen LogP contribution in [0.15, 0.2) is 24.3 Å². The highest BCUT2D eigenvalue weighted by atomic mass is 35.5. The molecule has 1 heterocycles. The van der Waals surface area contributed by atoms with E-state index in [1.165, 1.54) is 5.56 Å². The summed E-state index contributed by atoms with van der Waals surface area (Å²) in [5.41, 5.74) is 2.02. The molecule has 1 aromatic rings. The van der Waals surface area contributed by atoms with Crippen molar-refractivity contribution in [1.29, 1.82) is 0 Å². The molecule has 3 nitrogen and oxygen atoms in total. The molecular formula is C16H25ClN2O. The van der Waals surface area contributed by atoms with E-state index in [0.717, 1.165) is 25.1 Å². The molecule has 0 spiro atoms. The van der Waals surface area contributed by atoms with Gasteiger partial charge in [0.25, 0.3) is 5.91 Å². The summed E-state index contributed by atoms with van der Waals surface area (Å²) in [4.78, 5) is 12.2. The van der Waals surface area contributed by atoms with Crippen molar-refractivity contribution in [3.8, 4) is 0 Å². The largest absolute Gasteiger partial charge is 0.348 e. The van der Waals surface area contributed by atoms with Gasteiger partial charge in [0.15, 0.2) is 0 Å². The van der Waals surface area contributed by atoms with E-state index in [4.69, 9.17) is 0 Å². The summed E-state index contributed by atoms with van der Waals surface area (Å²) in [6.45, 7) is 8.44. The summed E-state index contributed by atoms with van der Waals surface area (Å²) in [6, 6.07) is 8.17. The van der Waals surface area contributed by atoms with Gasteiger partial charge in [-0.15, -0.1) is 12.4 Å². The van der Waals surface area contributed by atoms with Crippen molar-refractivity contribution < 1.29 is 4.79 Å². The molecule has 0 aromatic heterocycles. The molecule has 2 rings (SSSR count). The highest BCUT2D eigenvalue weighted by Gasteiger charge is 2.22. The Morgan fingerprint density at radius 3 is 2.50 bits per heavy atom. The quantitative estimate of drug-likeness (QED) is 0.900. The van der Waals surface area contributed by atoms with Crippen LogP contribution in [0.3, 0.4) is 0 Å². The Hall–Kier alpha value is -1.06. The Kier molecular flexibility index (Phi) is 6.50. The summed E-state index contributed by atoms with van der Waals surface area (Å²) < 4.78 is 0. The number of nitrogens with one attached hydrogen (secondary N) is 2. The van der Waals surface area contributed by atoms with Crippen molar-refractivity contribution in [2.45, 2.75) is 39.2 Å². The number of rotatable bonds is 3. The molecule has 112 valence electrons. The molecule has 1 amide bonds. The number of halogens is 1. The van der Waals surface area contributed by atoms with E-state index in [2.05, 4.69) is 31.4 Å². The highest BCUT2D eigenvalue weighted by molar-refractivity contribution is 5.94. The Bertz CT molecular complexity index is 431. The van der Waals surface area contributed by atoms with Gasteiger partial charge in [-0.25, -0.2) is 0 Å². The second-order valence-corrected chi connectivity index (χ2v) is 5.83. The van der Waals surface area contributed by atoms with Crippen molar-refractivity contribution in [3.63, 3.8) is 0 Å². The number of hydrogen-bond acceptors (Lipinski definition) is 2. The molecule has 4 heteroatoms. The van der Waals surface area contributed by atoms with Gasteiger partial charge in [0, 0.05) is 18.2 Å². The second-order valence-electron chi connectivity index (χ2n) is 5.83. The number of benzene rings is 1. The zero-order valence-electron chi connectivity index (χ0n) is 12.5. The van der Waals surface area contributed by atoms with Crippen LogP contribution in [0.2, 0.25) is 0 Å². The minimum Gasteiger partial charge on any atom is -0.348 e. The number of carbonyl (C=O) groups is 1. The summed E-state index contributed by atoms with van der Waals surface area (Å²) in [5, 5.41) is 6.46. The maximum atomic E-state index is 12.2. The normalized spacial score (nSPS) is 22.2. The maximum Gasteiger partial charge on any atom is 0.251 e. The molecule has 0 bridgehead atoms. The van der Waals surface area contributed by atoms with Crippen LogP contribution in [0.5, 0.6) is 0 Å². The van der Waals surface area contributed by atoms with Gasteiger partial charge < -0.3 is 10.6 Å². The molecule has 1 aromatic carbocycles. The summed E-state index contributed by atoms with van der Waals surface area (Å²) >= 11 is 0. The average Bonchev–Trinajstić information content (AvgIpc) is 2.41. The Balaban J connectivity index is 0.00000200. The molecule has 2 atom stereocenters. The fraction of sp³-hybridized carbons (Fsp3) is 0.562. The van der Waals surface area contributed by atoms with Crippen LogP contribution in [0.4, 0.5) is 0 Å². The maximum absolute atomic E-state index is 12.2. The predicted molar refractivity (Wildman–Crippen MR) is 85.7 cm³/mol. The third-order valence-electron chi connectivity index (χ3n) is 3.98. The van der Waals surface area contributed by atoms with Crippen LogP contribution in [0, 0.1) is 5.92 Å². The molecule has 0 radical (unpaired) electrons. The number of carbonyl (C=O) groups excluding carboxylic acids is 1. The molecule has 1 aliphatic rings. The number of piperidine rings is 1. The van der Waals surface area contributed by atoms with Gasteiger partial charge in [-0.05, 0) is 42.5 Å². The third-order valence-corrected chi connectivity index (χ3v) is 3.98. The van der Waals surface area contributed by atoms with Crippen molar-refractivity contribution in [1.82, 2.24) is 10.6 Å². The van der Waals surface area contributed by atoms with Crippen LogP contribution in [0.1, 0.15) is 49.0 Å². The van der Waals surface area contributed by atoms with Gasteiger partial charge in [0.2, 0.25) is 0 Å². The first-order valence-electron chi connectivity index (χ1n) is 7.19. The monoisotopic (exact) mass is 296 g/mol. The van der Waals surface area contributed by atoms with E-state index in [9.17, 15) is 4.79 Å². The first-order chi connectivity index (χ1) is 9.08. The first-order valence-corrected chi connectivity index (χ1v) is 7.19. The smallest absolute Gasteiger partial charge is 0.251 e. The van der Waals surface area contributed by atoms with Crippen LogP contribution in [-0.4, -0.2) is 25.0 Å². The molecule has 0 saturated carbocycles. The van der Waals surface area contributed by atoms with Crippen LogP contribution < -0.4 is 10.6 Å². The zero-order valence-corrected chi connectivity index (χ0v) is 13.3. The summed E-state index contributed by atoms with van der Waals surface area (Å²) in [7, 11) is 0. The molecule has 1 fully saturated rings. The molecule has 1 saturated heterocycles. The standard InChI is InChI=1S/C16H24N2O.ClH/c1-11(2)13-4-6-14(7-5-13)16(19)18-15-10-17-9-8-12(15)3;/h4-7,11-12,15,17H,8-10H2,1-3H3,(H,18,19);1H. The summed E-state index contributed by atoms with van der Waals surface area (Å²) in [6.07, 6.45) is 1.12. The van der Waals surface area contributed by atoms with Crippen molar-refractivity contribution in [2.75, 3.05) is 13.1 Å². The highest BCUT2D eigenvalue weighted by Crippen LogP contribution is 2.16. The van der Waals surface area contributed by atoms with E-state index >= 15 is 0 Å². The minimum absolute atomic E-state index is 0. The topological polar surface area (TPSA) is 41.1 Å². The predicted octanol–water partition coefficient (Wildman–Crippen LogP) is 2.96. The van der Waals surface area contributed by atoms with Crippen molar-refractivity contribution in [3.05, 3.63) is 35.4 Å². The average molecular weight is 297 g/mol. The number of hydrogen-bond donors (Lipinski definition) is 2. The van der Waals surface area contributed by atoms with Crippen LogP contribution in [-0.2, 0) is 0 Å². The Morgan fingerprint density at radius 1 is 1.30 bits per heavy atom. The molecule has 2 unspecified atom stereocenters. The van der Waals surface area contributed by atoms with Gasteiger partial charge in [-0.1, -0.05) is 32.9 Å². The lowest BCUT2D eigenvalue weighted by molar-refractivity contribution is 0.0915. The Morgan fingerprint density at radius 2 is 1.95 bits per heavy atom. The number of amides is 1. The van der Waals surface area contributed by atoms with Crippen LogP contribution in [0.25, 0.3) is 0 Å². The Labute approximate surface area is 127 Å². The first kappa shape index (κ1) is 17.0. The van der Waals surface area contributed by atoms with E-state index in [-0.39, 0.29) is 24.4 Å². The molecule has 1 aliphatic heterocycles. The van der Waals surface area contributed by atoms with E-state index < -0.39 is 0 Å². The van der Waals surface area contributed by atoms with E-state index in [1.807, 2.05) is 24.3 Å². The van der Waals surface area contributed by atoms with E-state index in [0.29, 0.717) is 11.8 Å². The molecule has 2 N–H and O–H groups in total. The second kappa shape index (κ2) is 7.65. The van der Waals surface area contributed by atoms with Gasteiger partial charge in [-0.3, -0.25) is 4.79 Å². The fourth-order valence-corrected chi connectivity index (χ4v) is 2.45.